The normalized spacial score (nSPS) is 39.6. The van der Waals surface area contributed by atoms with Crippen LogP contribution in [-0.2, 0) is 26.4 Å². The van der Waals surface area contributed by atoms with E-state index in [4.69, 9.17) is 14.2 Å². The third kappa shape index (κ3) is 1.68. The Labute approximate surface area is 128 Å². The second-order valence-electron chi connectivity index (χ2n) is 7.52. The fourth-order valence-electron chi connectivity index (χ4n) is 4.48. The van der Waals surface area contributed by atoms with Gasteiger partial charge in [-0.25, -0.2) is 4.79 Å². The number of hydrogen-bond donors (Lipinski definition) is 1. The quantitative estimate of drug-likeness (QED) is 0.861. The molecule has 4 heterocycles. The molecular weight excluding hydrogens is 284 g/mol. The van der Waals surface area contributed by atoms with E-state index in [1.807, 2.05) is 13.8 Å². The minimum atomic E-state index is -0.416. The maximum atomic E-state index is 12.3. The zero-order chi connectivity index (χ0) is 15.1. The molecular formula is C16H20N2O4. The molecule has 5 atom stereocenters. The van der Waals surface area contributed by atoms with Crippen molar-refractivity contribution in [1.29, 1.82) is 0 Å². The zero-order valence-corrected chi connectivity index (χ0v) is 12.8. The van der Waals surface area contributed by atoms with Crippen molar-refractivity contribution in [3.63, 3.8) is 0 Å². The van der Waals surface area contributed by atoms with Gasteiger partial charge < -0.3 is 14.2 Å². The Balaban J connectivity index is 1.27. The van der Waals surface area contributed by atoms with Gasteiger partial charge in [-0.1, -0.05) is 0 Å². The van der Waals surface area contributed by atoms with E-state index < -0.39 is 5.60 Å². The van der Waals surface area contributed by atoms with E-state index in [1.54, 1.807) is 0 Å². The summed E-state index contributed by atoms with van der Waals surface area (Å²) in [6.45, 7) is 4.77. The molecule has 6 nitrogen and oxygen atoms in total. The monoisotopic (exact) mass is 304 g/mol. The van der Waals surface area contributed by atoms with Gasteiger partial charge in [-0.15, -0.1) is 0 Å². The number of rotatable bonds is 3. The number of H-pyrrole nitrogens is 1. The molecule has 0 spiro atoms. The molecule has 4 aliphatic rings. The lowest BCUT2D eigenvalue weighted by atomic mass is 9.90. The van der Waals surface area contributed by atoms with Crippen LogP contribution in [0.25, 0.3) is 0 Å². The van der Waals surface area contributed by atoms with Gasteiger partial charge in [0, 0.05) is 11.5 Å². The number of nitrogens with one attached hydrogen (secondary N) is 1. The van der Waals surface area contributed by atoms with Crippen molar-refractivity contribution < 1.29 is 19.0 Å². The van der Waals surface area contributed by atoms with Gasteiger partial charge in [0.2, 0.25) is 0 Å². The predicted octanol–water partition coefficient (Wildman–Crippen LogP) is 1.76. The molecule has 3 aliphatic heterocycles. The second-order valence-corrected chi connectivity index (χ2v) is 7.52. The van der Waals surface area contributed by atoms with E-state index in [-0.39, 0.29) is 5.97 Å². The van der Waals surface area contributed by atoms with E-state index in [2.05, 4.69) is 10.2 Å². The first-order valence-electron chi connectivity index (χ1n) is 8.09. The maximum absolute atomic E-state index is 12.3. The van der Waals surface area contributed by atoms with Crippen LogP contribution >= 0.6 is 0 Å². The van der Waals surface area contributed by atoms with Crippen LogP contribution in [0.15, 0.2) is 0 Å². The Morgan fingerprint density at radius 3 is 3.05 bits per heavy atom. The topological polar surface area (TPSA) is 73.4 Å². The summed E-state index contributed by atoms with van der Waals surface area (Å²) in [5.74, 6) is 1.53. The number of carbonyl (C=O) groups is 1. The molecule has 2 bridgehead atoms. The Kier molecular flexibility index (Phi) is 2.45. The van der Waals surface area contributed by atoms with E-state index in [0.29, 0.717) is 37.0 Å². The van der Waals surface area contributed by atoms with E-state index in [0.717, 1.165) is 29.5 Å². The third-order valence-electron chi connectivity index (χ3n) is 5.79. The molecule has 0 radical (unpaired) electrons. The highest BCUT2D eigenvalue weighted by Gasteiger charge is 2.62. The molecule has 1 aromatic rings. The number of carbonyl (C=O) groups excluding carboxylic acids is 1. The summed E-state index contributed by atoms with van der Waals surface area (Å²) in [6, 6.07) is 0. The number of esters is 1. The van der Waals surface area contributed by atoms with Crippen molar-refractivity contribution in [3.05, 3.63) is 17.0 Å². The molecule has 1 aromatic heterocycles. The van der Waals surface area contributed by atoms with Crippen LogP contribution in [-0.4, -0.2) is 35.0 Å². The first kappa shape index (κ1) is 13.1. The molecule has 118 valence electrons. The van der Waals surface area contributed by atoms with Crippen LogP contribution in [0.1, 0.15) is 48.4 Å². The molecule has 1 aliphatic carbocycles. The van der Waals surface area contributed by atoms with E-state index in [1.165, 1.54) is 6.42 Å². The lowest BCUT2D eigenvalue weighted by Crippen LogP contribution is -2.25. The highest BCUT2D eigenvalue weighted by molar-refractivity contribution is 5.89. The maximum Gasteiger partial charge on any atom is 0.359 e. The van der Waals surface area contributed by atoms with E-state index >= 15 is 0 Å². The van der Waals surface area contributed by atoms with Gasteiger partial charge in [0.25, 0.3) is 0 Å². The van der Waals surface area contributed by atoms with Gasteiger partial charge >= 0.3 is 5.97 Å². The minimum Gasteiger partial charge on any atom is -0.461 e. The number of aromatic amines is 1. The van der Waals surface area contributed by atoms with Crippen molar-refractivity contribution in [3.8, 4) is 0 Å². The van der Waals surface area contributed by atoms with Crippen LogP contribution in [0, 0.1) is 17.8 Å². The van der Waals surface area contributed by atoms with Crippen LogP contribution in [0.4, 0.5) is 0 Å². The van der Waals surface area contributed by atoms with Gasteiger partial charge in [0.05, 0.1) is 31.1 Å². The highest BCUT2D eigenvalue weighted by Crippen LogP contribution is 2.60. The Morgan fingerprint density at radius 2 is 2.27 bits per heavy atom. The fraction of sp³-hybridized carbons (Fsp3) is 0.750. The molecule has 6 heteroatoms. The summed E-state index contributed by atoms with van der Waals surface area (Å²) < 4.78 is 17.1. The van der Waals surface area contributed by atoms with Gasteiger partial charge in [0.15, 0.2) is 5.69 Å². The first-order valence-corrected chi connectivity index (χ1v) is 8.09. The number of ether oxygens (including phenoxy) is 3. The van der Waals surface area contributed by atoms with Crippen LogP contribution in [0.2, 0.25) is 0 Å². The van der Waals surface area contributed by atoms with Crippen LogP contribution in [0.3, 0.4) is 0 Å². The van der Waals surface area contributed by atoms with Gasteiger partial charge in [0.1, 0.15) is 5.60 Å². The van der Waals surface area contributed by atoms with Crippen molar-refractivity contribution in [1.82, 2.24) is 10.2 Å². The van der Waals surface area contributed by atoms with Crippen molar-refractivity contribution in [2.24, 2.45) is 17.8 Å². The Bertz CT molecular complexity index is 653. The average molecular weight is 304 g/mol. The lowest BCUT2D eigenvalue weighted by molar-refractivity contribution is -0.0118. The molecule has 5 rings (SSSR count). The molecule has 1 saturated carbocycles. The standard InChI is InChI=1S/C16H20N2O4/c1-16(2)14-10(6-21-16)12(17-18-14)15(19)20-5-7-3-11-8-4-9(8)13(7)22-11/h7-9,11,13H,3-6H2,1-2H3,(H,17,18)/t7-,8+,9-,11-,13+/m0/s1. The van der Waals surface area contributed by atoms with Crippen LogP contribution < -0.4 is 0 Å². The minimum absolute atomic E-state index is 0.315. The van der Waals surface area contributed by atoms with Crippen molar-refractivity contribution >= 4 is 5.97 Å². The summed E-state index contributed by atoms with van der Waals surface area (Å²) in [5, 5.41) is 7.06. The predicted molar refractivity (Wildman–Crippen MR) is 75.1 cm³/mol. The average Bonchev–Trinajstić information content (AvgIpc) is 2.83. The molecule has 0 aromatic carbocycles. The molecule has 0 unspecified atom stereocenters. The molecule has 1 N–H and O–H groups in total. The number of fused-ring (bicyclic) bond motifs is 6. The summed E-state index contributed by atoms with van der Waals surface area (Å²) in [6.07, 6.45) is 3.07. The highest BCUT2D eigenvalue weighted by atomic mass is 16.5. The summed E-state index contributed by atoms with van der Waals surface area (Å²) in [4.78, 5) is 12.3. The van der Waals surface area contributed by atoms with Gasteiger partial charge in [-0.2, -0.15) is 5.10 Å². The molecule has 0 amide bonds. The molecule has 3 fully saturated rings. The second kappa shape index (κ2) is 4.11. The summed E-state index contributed by atoms with van der Waals surface area (Å²) in [7, 11) is 0. The zero-order valence-electron chi connectivity index (χ0n) is 12.8. The smallest absolute Gasteiger partial charge is 0.359 e. The number of aromatic nitrogens is 2. The third-order valence-corrected chi connectivity index (χ3v) is 5.79. The fourth-order valence-corrected chi connectivity index (χ4v) is 4.48. The summed E-state index contributed by atoms with van der Waals surface area (Å²) in [5.41, 5.74) is 1.67. The Morgan fingerprint density at radius 1 is 1.41 bits per heavy atom. The SMILES string of the molecule is CC1(C)OCc2c(C(=O)OC[C@@H]3C[C@@H]4O[C@H]3[C@H]3C[C@H]34)n[nH]c21. The lowest BCUT2D eigenvalue weighted by Gasteiger charge is -2.18. The number of hydrogen-bond acceptors (Lipinski definition) is 5. The number of nitrogens with zero attached hydrogens (tertiary/aromatic N) is 1. The largest absolute Gasteiger partial charge is 0.461 e. The molecule has 2 saturated heterocycles. The molecule has 22 heavy (non-hydrogen) atoms. The van der Waals surface area contributed by atoms with Gasteiger partial charge in [-0.05, 0) is 38.5 Å². The van der Waals surface area contributed by atoms with Crippen LogP contribution in [0.5, 0.6) is 0 Å². The van der Waals surface area contributed by atoms with E-state index in [9.17, 15) is 4.79 Å². The summed E-state index contributed by atoms with van der Waals surface area (Å²) >= 11 is 0. The Hall–Kier alpha value is -1.40. The first-order chi connectivity index (χ1) is 10.5. The van der Waals surface area contributed by atoms with Crippen molar-refractivity contribution in [2.75, 3.05) is 6.61 Å². The van der Waals surface area contributed by atoms with Crippen molar-refractivity contribution in [2.45, 2.75) is 51.1 Å². The van der Waals surface area contributed by atoms with Gasteiger partial charge in [-0.3, -0.25) is 5.10 Å².